The summed E-state index contributed by atoms with van der Waals surface area (Å²) in [6, 6.07) is 10.2. The number of rotatable bonds is 8. The average Bonchev–Trinajstić information content (AvgIpc) is 3.33. The number of nitrogens with one attached hydrogen (secondary N) is 1. The number of amides is 1. The van der Waals surface area contributed by atoms with Crippen molar-refractivity contribution in [2.24, 2.45) is 0 Å². The lowest BCUT2D eigenvalue weighted by Crippen LogP contribution is -2.43. The van der Waals surface area contributed by atoms with Gasteiger partial charge in [0, 0.05) is 11.9 Å². The highest BCUT2D eigenvalue weighted by Crippen LogP contribution is 2.21. The van der Waals surface area contributed by atoms with E-state index in [9.17, 15) is 19.2 Å². The van der Waals surface area contributed by atoms with Crippen molar-refractivity contribution >= 4 is 28.2 Å². The van der Waals surface area contributed by atoms with Gasteiger partial charge in [0.05, 0.1) is 24.4 Å². The van der Waals surface area contributed by atoms with Gasteiger partial charge in [-0.1, -0.05) is 31.5 Å². The predicted octanol–water partition coefficient (Wildman–Crippen LogP) is 1.46. The van der Waals surface area contributed by atoms with Crippen LogP contribution in [0.3, 0.4) is 0 Å². The predicted molar refractivity (Wildman–Crippen MR) is 127 cm³/mol. The van der Waals surface area contributed by atoms with Crippen molar-refractivity contribution in [3.63, 3.8) is 0 Å². The number of hydrogen-bond donors (Lipinski definition) is 2. The third kappa shape index (κ3) is 4.40. The van der Waals surface area contributed by atoms with Gasteiger partial charge in [-0.25, -0.2) is 9.48 Å². The van der Waals surface area contributed by atoms with E-state index in [4.69, 9.17) is 10.2 Å². The summed E-state index contributed by atoms with van der Waals surface area (Å²) < 4.78 is 7.62. The van der Waals surface area contributed by atoms with Gasteiger partial charge in [-0.3, -0.25) is 28.8 Å². The van der Waals surface area contributed by atoms with E-state index in [0.717, 1.165) is 16.0 Å². The second kappa shape index (κ2) is 9.61. The molecule has 0 aliphatic heterocycles. The van der Waals surface area contributed by atoms with Crippen molar-refractivity contribution < 1.29 is 9.21 Å². The molecule has 0 unspecified atom stereocenters. The van der Waals surface area contributed by atoms with E-state index in [1.54, 1.807) is 36.4 Å². The number of furan rings is 1. The zero-order chi connectivity index (χ0) is 24.2. The molecule has 0 saturated carbocycles. The minimum absolute atomic E-state index is 0.132. The Kier molecular flexibility index (Phi) is 6.44. The highest BCUT2D eigenvalue weighted by atomic mass is 16.3. The Labute approximate surface area is 193 Å². The summed E-state index contributed by atoms with van der Waals surface area (Å²) in [5, 5.41) is 5.15. The first kappa shape index (κ1) is 22.8. The molecular weight excluding hydrogens is 440 g/mol. The monoisotopic (exact) mass is 464 g/mol. The standard InChI is InChI=1S/C23H24N6O5/c1-2-3-10-27-20(24)19(21(31)26-23(27)33)28(13-16-8-6-11-34-16)18(30)14-29-22(32)17-9-5-4-7-15(17)12-25-29/h4-9,11-12H,2-3,10,13-14,24H2,1H3,(H,26,31,33). The second-order valence-corrected chi connectivity index (χ2v) is 7.75. The molecule has 0 radical (unpaired) electrons. The van der Waals surface area contributed by atoms with Crippen LogP contribution in [0.25, 0.3) is 10.8 Å². The van der Waals surface area contributed by atoms with Crippen molar-refractivity contribution in [3.8, 4) is 0 Å². The van der Waals surface area contributed by atoms with E-state index < -0.39 is 29.3 Å². The highest BCUT2D eigenvalue weighted by Gasteiger charge is 2.26. The van der Waals surface area contributed by atoms with Crippen molar-refractivity contribution in [1.82, 2.24) is 19.3 Å². The van der Waals surface area contributed by atoms with E-state index in [1.165, 1.54) is 17.0 Å². The van der Waals surface area contributed by atoms with Gasteiger partial charge in [0.15, 0.2) is 5.69 Å². The zero-order valence-electron chi connectivity index (χ0n) is 18.6. The van der Waals surface area contributed by atoms with Crippen LogP contribution in [0, 0.1) is 0 Å². The van der Waals surface area contributed by atoms with Crippen LogP contribution in [0.4, 0.5) is 11.5 Å². The van der Waals surface area contributed by atoms with Gasteiger partial charge in [-0.2, -0.15) is 5.10 Å². The SMILES string of the molecule is CCCCn1c(N)c(N(Cc2ccco2)C(=O)Cn2ncc3ccccc3c2=O)c(=O)[nH]c1=O. The molecule has 4 rings (SSSR count). The molecule has 0 spiro atoms. The molecule has 0 bridgehead atoms. The lowest BCUT2D eigenvalue weighted by molar-refractivity contribution is -0.119. The Bertz CT molecular complexity index is 1500. The highest BCUT2D eigenvalue weighted by molar-refractivity contribution is 5.95. The van der Waals surface area contributed by atoms with Crippen molar-refractivity contribution in [2.75, 3.05) is 10.6 Å². The van der Waals surface area contributed by atoms with E-state index >= 15 is 0 Å². The fourth-order valence-corrected chi connectivity index (χ4v) is 3.68. The lowest BCUT2D eigenvalue weighted by Gasteiger charge is -2.24. The summed E-state index contributed by atoms with van der Waals surface area (Å²) in [5.41, 5.74) is 4.13. The maximum atomic E-state index is 13.4. The van der Waals surface area contributed by atoms with Crippen LogP contribution < -0.4 is 27.4 Å². The number of fused-ring (bicyclic) bond motifs is 1. The first-order chi connectivity index (χ1) is 16.4. The van der Waals surface area contributed by atoms with Crippen LogP contribution in [-0.2, 0) is 24.4 Å². The fourth-order valence-electron chi connectivity index (χ4n) is 3.68. The number of nitrogens with two attached hydrogens (primary N) is 1. The Hall–Kier alpha value is -4.41. The number of nitrogen functional groups attached to an aromatic ring is 1. The van der Waals surface area contributed by atoms with Crippen molar-refractivity contribution in [2.45, 2.75) is 39.4 Å². The van der Waals surface area contributed by atoms with Crippen LogP contribution in [0.5, 0.6) is 0 Å². The maximum absolute atomic E-state index is 13.4. The number of carbonyl (C=O) groups excluding carboxylic acids is 1. The van der Waals surface area contributed by atoms with Gasteiger partial charge in [-0.05, 0) is 24.6 Å². The number of H-pyrrole nitrogens is 1. The fraction of sp³-hybridized carbons (Fsp3) is 0.261. The zero-order valence-corrected chi connectivity index (χ0v) is 18.6. The molecule has 0 aliphatic carbocycles. The van der Waals surface area contributed by atoms with Crippen molar-refractivity contribution in [1.29, 1.82) is 0 Å². The van der Waals surface area contributed by atoms with Crippen LogP contribution in [-0.4, -0.2) is 25.2 Å². The second-order valence-electron chi connectivity index (χ2n) is 7.75. The summed E-state index contributed by atoms with van der Waals surface area (Å²) in [5.74, 6) is -0.377. The number of unbranched alkanes of at least 4 members (excludes halogenated alkanes) is 1. The molecule has 3 heterocycles. The maximum Gasteiger partial charge on any atom is 0.330 e. The minimum Gasteiger partial charge on any atom is -0.467 e. The molecule has 34 heavy (non-hydrogen) atoms. The molecule has 11 heteroatoms. The third-order valence-corrected chi connectivity index (χ3v) is 5.46. The van der Waals surface area contributed by atoms with Gasteiger partial charge in [0.1, 0.15) is 18.1 Å². The Balaban J connectivity index is 1.78. The number of aromatic amines is 1. The molecule has 1 amide bonds. The van der Waals surface area contributed by atoms with E-state index in [-0.39, 0.29) is 24.6 Å². The normalized spacial score (nSPS) is 11.1. The van der Waals surface area contributed by atoms with Gasteiger partial charge >= 0.3 is 5.69 Å². The third-order valence-electron chi connectivity index (χ3n) is 5.46. The number of aromatic nitrogens is 4. The van der Waals surface area contributed by atoms with Crippen LogP contribution in [0.1, 0.15) is 25.5 Å². The smallest absolute Gasteiger partial charge is 0.330 e. The van der Waals surface area contributed by atoms with Gasteiger partial charge in [0.2, 0.25) is 5.91 Å². The van der Waals surface area contributed by atoms with Gasteiger partial charge in [-0.15, -0.1) is 0 Å². The molecule has 3 aromatic heterocycles. The Morgan fingerprint density at radius 1 is 1.18 bits per heavy atom. The average molecular weight is 464 g/mol. The molecule has 1 aromatic carbocycles. The number of hydrogen-bond acceptors (Lipinski definition) is 7. The number of anilines is 2. The molecular formula is C23H24N6O5. The summed E-state index contributed by atoms with van der Waals surface area (Å²) in [7, 11) is 0. The largest absolute Gasteiger partial charge is 0.467 e. The Morgan fingerprint density at radius 2 is 1.97 bits per heavy atom. The lowest BCUT2D eigenvalue weighted by atomic mass is 10.2. The first-order valence-electron chi connectivity index (χ1n) is 10.8. The molecule has 0 atom stereocenters. The summed E-state index contributed by atoms with van der Waals surface area (Å²) in [6.07, 6.45) is 4.38. The molecule has 4 aromatic rings. The van der Waals surface area contributed by atoms with Gasteiger partial charge in [0.25, 0.3) is 11.1 Å². The minimum atomic E-state index is -0.811. The van der Waals surface area contributed by atoms with E-state index in [2.05, 4.69) is 10.1 Å². The first-order valence-corrected chi connectivity index (χ1v) is 10.8. The van der Waals surface area contributed by atoms with E-state index in [0.29, 0.717) is 23.0 Å². The summed E-state index contributed by atoms with van der Waals surface area (Å²) in [6.45, 7) is 1.65. The molecule has 3 N–H and O–H groups in total. The van der Waals surface area contributed by atoms with Crippen molar-refractivity contribution in [3.05, 3.63) is 85.8 Å². The van der Waals surface area contributed by atoms with Crippen LogP contribution >= 0.6 is 0 Å². The Morgan fingerprint density at radius 3 is 2.71 bits per heavy atom. The molecule has 0 saturated heterocycles. The molecule has 176 valence electrons. The van der Waals surface area contributed by atoms with E-state index in [1.807, 2.05) is 6.92 Å². The number of nitrogens with zero attached hydrogens (tertiary/aromatic N) is 4. The van der Waals surface area contributed by atoms with Crippen LogP contribution in [0.15, 0.2) is 67.7 Å². The topological polar surface area (TPSA) is 149 Å². The number of carbonyl (C=O) groups is 1. The van der Waals surface area contributed by atoms with Crippen LogP contribution in [0.2, 0.25) is 0 Å². The molecule has 0 aliphatic rings. The number of benzene rings is 1. The summed E-state index contributed by atoms with van der Waals surface area (Å²) in [4.78, 5) is 54.8. The molecule has 0 fully saturated rings. The quantitative estimate of drug-likeness (QED) is 0.401. The summed E-state index contributed by atoms with van der Waals surface area (Å²) >= 11 is 0. The molecule has 11 nitrogen and oxygen atoms in total. The van der Waals surface area contributed by atoms with Gasteiger partial charge < -0.3 is 10.2 Å².